The minimum absolute atomic E-state index is 0.0434. The summed E-state index contributed by atoms with van der Waals surface area (Å²) >= 11 is 0. The Morgan fingerprint density at radius 1 is 1.29 bits per heavy atom. The number of ether oxygens (including phenoxy) is 2. The molecule has 11 heteroatoms. The Bertz CT molecular complexity index is 1410. The van der Waals surface area contributed by atoms with Gasteiger partial charge in [-0.1, -0.05) is 6.07 Å². The summed E-state index contributed by atoms with van der Waals surface area (Å²) in [5.41, 5.74) is 2.77. The van der Waals surface area contributed by atoms with Gasteiger partial charge in [-0.15, -0.1) is 0 Å². The molecule has 0 radical (unpaired) electrons. The second-order valence-corrected chi connectivity index (χ2v) is 10.2. The number of benzene rings is 1. The lowest BCUT2D eigenvalue weighted by atomic mass is 10.1. The molecule has 11 nitrogen and oxygen atoms in total. The molecule has 1 N–H and O–H groups in total. The summed E-state index contributed by atoms with van der Waals surface area (Å²) in [6.45, 7) is 6.13. The van der Waals surface area contributed by atoms with Crippen LogP contribution in [-0.4, -0.2) is 63.9 Å². The number of rotatable bonds is 5. The second kappa shape index (κ2) is 11.1. The lowest BCUT2D eigenvalue weighted by Gasteiger charge is -2.27. The summed E-state index contributed by atoms with van der Waals surface area (Å²) in [6, 6.07) is 10.3. The van der Waals surface area contributed by atoms with Crippen molar-refractivity contribution in [3.8, 4) is 17.3 Å². The number of amides is 2. The fourth-order valence-corrected chi connectivity index (χ4v) is 4.11. The van der Waals surface area contributed by atoms with E-state index in [0.717, 1.165) is 11.1 Å². The lowest BCUT2D eigenvalue weighted by molar-refractivity contribution is -0.133. The van der Waals surface area contributed by atoms with Crippen LogP contribution in [0.3, 0.4) is 0 Å². The van der Waals surface area contributed by atoms with Crippen molar-refractivity contribution < 1.29 is 23.5 Å². The van der Waals surface area contributed by atoms with Gasteiger partial charge >= 0.3 is 11.8 Å². The van der Waals surface area contributed by atoms with E-state index in [9.17, 15) is 19.6 Å². The molecule has 1 fully saturated rings. The highest BCUT2D eigenvalue weighted by atomic mass is 16.6. The molecule has 0 unspecified atom stereocenters. The van der Waals surface area contributed by atoms with Crippen molar-refractivity contribution in [3.63, 3.8) is 0 Å². The van der Waals surface area contributed by atoms with Gasteiger partial charge < -0.3 is 24.1 Å². The average molecular weight is 522 g/mol. The zero-order valence-electron chi connectivity index (χ0n) is 21.9. The molecule has 0 bridgehead atoms. The minimum Gasteiger partial charge on any atom is -0.444 e. The van der Waals surface area contributed by atoms with Crippen LogP contribution in [0.25, 0.3) is 22.4 Å². The van der Waals surface area contributed by atoms with Gasteiger partial charge in [-0.05, 0) is 57.0 Å². The lowest BCUT2D eigenvalue weighted by Crippen LogP contribution is -2.48. The first-order valence-corrected chi connectivity index (χ1v) is 12.4. The Morgan fingerprint density at radius 2 is 2.08 bits per heavy atom. The van der Waals surface area contributed by atoms with Crippen LogP contribution in [0, 0.1) is 11.3 Å². The van der Waals surface area contributed by atoms with Gasteiger partial charge in [0.2, 0.25) is 0 Å². The molecular formula is C27H31N5O6. The highest BCUT2D eigenvalue weighted by Crippen LogP contribution is 2.23. The van der Waals surface area contributed by atoms with Crippen LogP contribution in [0.1, 0.15) is 32.8 Å². The van der Waals surface area contributed by atoms with Gasteiger partial charge in [-0.3, -0.25) is 14.3 Å². The van der Waals surface area contributed by atoms with Crippen molar-refractivity contribution in [3.05, 3.63) is 52.6 Å². The predicted octanol–water partition coefficient (Wildman–Crippen LogP) is 2.77. The van der Waals surface area contributed by atoms with Crippen molar-refractivity contribution >= 4 is 23.1 Å². The standard InChI is InChI=1S/C27H31N5O6/c1-27(2,3)38-26(35)32-10-5-11-36-23(16-32)24(33)30-19(14-28)12-17-6-8-20(29-15-17)18-7-9-22-21(13-18)31(4)25(34)37-22/h6-9,13,15,19,23H,5,10-12,16H2,1-4H3,(H,30,33)/t19-,23-/m0/s1. The summed E-state index contributed by atoms with van der Waals surface area (Å²) in [4.78, 5) is 43.1. The number of fused-ring (bicyclic) bond motifs is 1. The smallest absolute Gasteiger partial charge is 0.419 e. The van der Waals surface area contributed by atoms with Crippen LogP contribution in [-0.2, 0) is 27.7 Å². The van der Waals surface area contributed by atoms with E-state index in [2.05, 4.69) is 16.4 Å². The molecule has 2 aromatic heterocycles. The third-order valence-corrected chi connectivity index (χ3v) is 6.05. The number of aryl methyl sites for hydroxylation is 1. The van der Waals surface area contributed by atoms with Gasteiger partial charge in [0.05, 0.1) is 23.8 Å². The van der Waals surface area contributed by atoms with E-state index in [1.807, 2.05) is 24.3 Å². The first-order valence-electron chi connectivity index (χ1n) is 12.4. The van der Waals surface area contributed by atoms with Gasteiger partial charge in [0.15, 0.2) is 11.7 Å². The zero-order chi connectivity index (χ0) is 27.4. The molecule has 2 atom stereocenters. The van der Waals surface area contributed by atoms with E-state index in [1.54, 1.807) is 40.1 Å². The SMILES string of the molecule is Cn1c(=O)oc2ccc(-c3ccc(C[C@@H](C#N)NC(=O)[C@@H]4CN(C(=O)OC(C)(C)C)CCCO4)cn3)cc21. The predicted molar refractivity (Wildman–Crippen MR) is 138 cm³/mol. The number of pyridine rings is 1. The van der Waals surface area contributed by atoms with Gasteiger partial charge in [-0.25, -0.2) is 9.59 Å². The fourth-order valence-electron chi connectivity index (χ4n) is 4.11. The topological polar surface area (TPSA) is 140 Å². The fraction of sp³-hybridized carbons (Fsp3) is 0.444. The van der Waals surface area contributed by atoms with E-state index in [-0.39, 0.29) is 13.0 Å². The molecular weight excluding hydrogens is 490 g/mol. The molecule has 0 spiro atoms. The maximum absolute atomic E-state index is 12.9. The van der Waals surface area contributed by atoms with E-state index in [4.69, 9.17) is 13.9 Å². The number of nitrogens with zero attached hydrogens (tertiary/aromatic N) is 4. The second-order valence-electron chi connectivity index (χ2n) is 10.2. The third kappa shape index (κ3) is 6.39. The Hall–Kier alpha value is -4.17. The van der Waals surface area contributed by atoms with E-state index < -0.39 is 35.5 Å². The quantitative estimate of drug-likeness (QED) is 0.541. The number of aromatic nitrogens is 2. The number of nitrogens with one attached hydrogen (secondary N) is 1. The highest BCUT2D eigenvalue weighted by molar-refractivity contribution is 5.82. The number of oxazole rings is 1. The van der Waals surface area contributed by atoms with Crippen molar-refractivity contribution in [2.45, 2.75) is 51.4 Å². The van der Waals surface area contributed by atoms with Crippen molar-refractivity contribution in [2.75, 3.05) is 19.7 Å². The molecule has 1 saturated heterocycles. The van der Waals surface area contributed by atoms with Gasteiger partial charge in [0, 0.05) is 38.4 Å². The Morgan fingerprint density at radius 3 is 2.76 bits per heavy atom. The summed E-state index contributed by atoms with van der Waals surface area (Å²) in [7, 11) is 1.64. The molecule has 4 rings (SSSR count). The number of carbonyl (C=O) groups is 2. The van der Waals surface area contributed by atoms with Crippen LogP contribution in [0.2, 0.25) is 0 Å². The molecule has 0 aliphatic carbocycles. The number of hydrogen-bond acceptors (Lipinski definition) is 8. The third-order valence-electron chi connectivity index (χ3n) is 6.05. The summed E-state index contributed by atoms with van der Waals surface area (Å²) < 4.78 is 17.7. The van der Waals surface area contributed by atoms with E-state index >= 15 is 0 Å². The van der Waals surface area contributed by atoms with Crippen molar-refractivity contribution in [1.29, 1.82) is 5.26 Å². The largest absolute Gasteiger partial charge is 0.444 e. The van der Waals surface area contributed by atoms with Crippen LogP contribution in [0.15, 0.2) is 45.7 Å². The first-order chi connectivity index (χ1) is 18.0. The average Bonchev–Trinajstić information content (AvgIpc) is 3.03. The molecule has 0 saturated carbocycles. The molecule has 2 amide bonds. The Balaban J connectivity index is 1.39. The molecule has 1 aromatic carbocycles. The molecule has 200 valence electrons. The van der Waals surface area contributed by atoms with Crippen LogP contribution < -0.4 is 11.1 Å². The van der Waals surface area contributed by atoms with E-state index in [0.29, 0.717) is 36.4 Å². The van der Waals surface area contributed by atoms with Gasteiger partial charge in [-0.2, -0.15) is 5.26 Å². The van der Waals surface area contributed by atoms with Crippen molar-refractivity contribution in [1.82, 2.24) is 19.8 Å². The Labute approximate surface area is 219 Å². The molecule has 1 aliphatic heterocycles. The molecule has 3 aromatic rings. The Kier molecular flexibility index (Phi) is 7.83. The van der Waals surface area contributed by atoms with Crippen LogP contribution in [0.4, 0.5) is 4.79 Å². The van der Waals surface area contributed by atoms with E-state index in [1.165, 1.54) is 9.47 Å². The number of carbonyl (C=O) groups excluding carboxylic acids is 2. The normalized spacial score (nSPS) is 16.9. The summed E-state index contributed by atoms with van der Waals surface area (Å²) in [5.74, 6) is -0.896. The molecule has 3 heterocycles. The number of nitriles is 1. The number of hydrogen-bond donors (Lipinski definition) is 1. The molecule has 1 aliphatic rings. The van der Waals surface area contributed by atoms with Gasteiger partial charge in [0.1, 0.15) is 11.6 Å². The monoisotopic (exact) mass is 521 g/mol. The van der Waals surface area contributed by atoms with Crippen LogP contribution >= 0.6 is 0 Å². The summed E-state index contributed by atoms with van der Waals surface area (Å²) in [5, 5.41) is 12.4. The highest BCUT2D eigenvalue weighted by Gasteiger charge is 2.31. The maximum Gasteiger partial charge on any atom is 0.419 e. The van der Waals surface area contributed by atoms with Gasteiger partial charge in [0.25, 0.3) is 5.91 Å². The van der Waals surface area contributed by atoms with Crippen LogP contribution in [0.5, 0.6) is 0 Å². The summed E-state index contributed by atoms with van der Waals surface area (Å²) in [6.07, 6.45) is 1.06. The maximum atomic E-state index is 12.9. The zero-order valence-corrected chi connectivity index (χ0v) is 21.9. The minimum atomic E-state index is -0.907. The van der Waals surface area contributed by atoms with Crippen molar-refractivity contribution in [2.24, 2.45) is 7.05 Å². The molecule has 38 heavy (non-hydrogen) atoms. The first kappa shape index (κ1) is 26.9.